The molecule has 20 nitrogen and oxygen atoms in total. The summed E-state index contributed by atoms with van der Waals surface area (Å²) < 4.78 is 60.3. The first-order valence-electron chi connectivity index (χ1n) is 20.3. The molecule has 0 atom stereocenters. The highest BCUT2D eigenvalue weighted by atomic mass is 19.2. The molecule has 0 fully saturated rings. The predicted molar refractivity (Wildman–Crippen MR) is 268 cm³/mol. The maximum atomic E-state index is 13.6. The third-order valence-corrected chi connectivity index (χ3v) is 8.77. The van der Waals surface area contributed by atoms with Crippen LogP contribution in [0.15, 0.2) is 48.5 Å². The van der Waals surface area contributed by atoms with E-state index in [2.05, 4.69) is 48.5 Å². The van der Waals surface area contributed by atoms with E-state index in [1.54, 1.807) is 67.6 Å². The Morgan fingerprint density at radius 3 is 1.00 bits per heavy atom. The average molecular weight is 1040 g/mol. The van der Waals surface area contributed by atoms with Crippen molar-refractivity contribution in [2.45, 2.75) is 21.3 Å². The molecule has 0 aliphatic heterocycles. The van der Waals surface area contributed by atoms with Crippen molar-refractivity contribution < 1.29 is 18.9 Å². The van der Waals surface area contributed by atoms with Gasteiger partial charge in [-0.25, -0.2) is 108 Å². The van der Waals surface area contributed by atoms with Crippen LogP contribution in [0.3, 0.4) is 0 Å². The second kappa shape index (κ2) is 33.8. The molecule has 0 unspecified atom stereocenters. The van der Waals surface area contributed by atoms with Gasteiger partial charge in [0.05, 0.1) is 137 Å². The van der Waals surface area contributed by atoms with Gasteiger partial charge in [0.25, 0.3) is 45.6 Å². The topological polar surface area (TPSA) is 282 Å². The SMILES string of the molecule is CC#N.[3H]C.[C-]#[N+]/C(C#N)=c1/cc(C#N)/c(=C(\C#N)[N+]#[C-])cc1[N+]#[C-].[C-]#[N+]/C(C#N)=c1/cc/c(=C(\C#N)[N+]#[C-])c(C)c1.[C-]#[N+]/C(C#N)=c1/cc/c(=C(\C#N)[N+]#[C-])c([N+]#[C-])c1.[C-]#[N+]C(C#N)=c1c(F)c(F)c(=C(C#N)[N+]#[C-])c(F)c1F. The zero-order valence-corrected chi connectivity index (χ0v) is 40.1. The Morgan fingerprint density at radius 1 is 0.405 bits per heavy atom. The molecular formula is C55H18F4N20. The monoisotopic (exact) mass is 1040 g/mol. The molecule has 79 heavy (non-hydrogen) atoms. The standard InChI is InChI=1S/C14H2N6.C13H3N5.C13H6N4.C12F4N4.C2H3N.CH4/c1-18-12-5-10(13(7-16)19-2)9(6-15)4-11(12)14(8-17)20-3;1-16-11-6-9(12(7-14)17-2)4-5-10(11)13(8-15)18-3;1-9-6-10(12(7-14)16-2)4-5-11(9)13(8-15)17-3;1-19-5(3-17)7-9(13)11(15)8(6(4-18)20-2)12(16)10(7)14;1-2-3;/h4-5H;4-6H;4-6H,1H3;;1H3;1H4/b13-10+,14-11-;12-9-,13-10-;12-10-,13-11-;;;/i;;;;;1T. The molecule has 366 valence electrons. The van der Waals surface area contributed by atoms with Crippen LogP contribution in [-0.4, -0.2) is 0 Å². The maximum Gasteiger partial charge on any atom is 0.275 e. The number of nitrogens with zero attached hydrogens (tertiary/aromatic N) is 20. The molecule has 0 heterocycles. The lowest BCUT2D eigenvalue weighted by Gasteiger charge is -2.01. The number of benzene rings is 4. The van der Waals surface area contributed by atoms with Gasteiger partial charge >= 0.3 is 0 Å². The third-order valence-electron chi connectivity index (χ3n) is 8.77. The fourth-order valence-electron chi connectivity index (χ4n) is 5.42. The molecule has 24 heteroatoms. The van der Waals surface area contributed by atoms with Crippen molar-refractivity contribution in [2.24, 2.45) is 0 Å². The third kappa shape index (κ3) is 16.2. The molecule has 4 rings (SSSR count). The fourth-order valence-corrected chi connectivity index (χ4v) is 5.42. The van der Waals surface area contributed by atoms with Crippen LogP contribution in [0.5, 0.6) is 0 Å². The summed E-state index contributed by atoms with van der Waals surface area (Å²) in [5.41, 5.74) is -2.63. The van der Waals surface area contributed by atoms with E-state index in [1.807, 2.05) is 6.07 Å². The molecule has 0 aliphatic carbocycles. The first kappa shape index (κ1) is 64.4. The van der Waals surface area contributed by atoms with Gasteiger partial charge in [0.15, 0.2) is 34.6 Å². The second-order valence-electron chi connectivity index (χ2n) is 12.8. The minimum absolute atomic E-state index is 0.000898. The van der Waals surface area contributed by atoms with Crippen molar-refractivity contribution in [1.82, 2.24) is 0 Å². The van der Waals surface area contributed by atoms with Crippen molar-refractivity contribution in [3.8, 4) is 60.7 Å². The Kier molecular flexibility index (Phi) is 27.5. The molecule has 0 amide bonds. The lowest BCUT2D eigenvalue weighted by molar-refractivity contribution is 0.434. The van der Waals surface area contributed by atoms with Gasteiger partial charge in [-0.1, -0.05) is 61.5 Å². The van der Waals surface area contributed by atoms with Gasteiger partial charge in [-0.3, -0.25) is 0 Å². The van der Waals surface area contributed by atoms with Crippen molar-refractivity contribution >= 4 is 57.0 Å². The van der Waals surface area contributed by atoms with Crippen molar-refractivity contribution in [3.63, 3.8) is 0 Å². The summed E-state index contributed by atoms with van der Waals surface area (Å²) in [5.74, 6) is -8.04. The Hall–Kier alpha value is -14.6. The number of aryl methyl sites for hydroxylation is 1. The minimum Gasteiger partial charge on any atom is -0.239 e. The quantitative estimate of drug-likeness (QED) is 0.110. The Bertz CT molecular complexity index is 4410. The van der Waals surface area contributed by atoms with Gasteiger partial charge in [-0.2, -0.15) is 10.5 Å². The molecule has 0 saturated heterocycles. The summed E-state index contributed by atoms with van der Waals surface area (Å²) in [5, 5.41) is 84.7. The van der Waals surface area contributed by atoms with Gasteiger partial charge in [0.2, 0.25) is 0 Å². The number of nitriles is 10. The summed E-state index contributed by atoms with van der Waals surface area (Å²) in [4.78, 5) is 29.6. The largest absolute Gasteiger partial charge is 0.275 e. The van der Waals surface area contributed by atoms with Crippen molar-refractivity contribution in [3.05, 3.63) is 239 Å². The smallest absolute Gasteiger partial charge is 0.239 e. The molecule has 0 aliphatic rings. The van der Waals surface area contributed by atoms with Gasteiger partial charge < -0.3 is 0 Å². The molecule has 0 bridgehead atoms. The zero-order valence-electron chi connectivity index (χ0n) is 41.1. The van der Waals surface area contributed by atoms with Crippen LogP contribution in [0, 0.1) is 209 Å². The van der Waals surface area contributed by atoms with Gasteiger partial charge in [0, 0.05) is 13.9 Å². The fraction of sp³-hybridized carbons (Fsp3) is 0.0545. The summed E-state index contributed by atoms with van der Waals surface area (Å²) in [6.45, 7) is 71.4. The number of hydrogen-bond acceptors (Lipinski definition) is 10. The summed E-state index contributed by atoms with van der Waals surface area (Å²) >= 11 is 0. The Balaban J connectivity index is 0. The molecule has 0 radical (unpaired) electrons. The molecule has 0 saturated carbocycles. The van der Waals surface area contributed by atoms with E-state index in [4.69, 9.17) is 120 Å². The van der Waals surface area contributed by atoms with Crippen LogP contribution in [-0.2, 0) is 0 Å². The maximum absolute atomic E-state index is 13.6. The Labute approximate surface area is 447 Å². The van der Waals surface area contributed by atoms with E-state index in [1.165, 1.54) is 44.7 Å². The number of halogens is 4. The summed E-state index contributed by atoms with van der Waals surface area (Å²) in [7, 11) is 1.25. The van der Waals surface area contributed by atoms with Crippen LogP contribution in [0.25, 0.3) is 94.0 Å². The predicted octanol–water partition coefficient (Wildman–Crippen LogP) is 6.16. The van der Waals surface area contributed by atoms with Crippen LogP contribution >= 0.6 is 0 Å². The molecule has 0 N–H and O–H groups in total. The van der Waals surface area contributed by atoms with Crippen molar-refractivity contribution in [2.75, 3.05) is 0 Å². The van der Waals surface area contributed by atoms with Crippen LogP contribution < -0.4 is 41.7 Å². The van der Waals surface area contributed by atoms with E-state index < -0.39 is 45.1 Å². The molecule has 0 aromatic heterocycles. The van der Waals surface area contributed by atoms with Crippen LogP contribution in [0.1, 0.15) is 26.8 Å². The van der Waals surface area contributed by atoms with Crippen molar-refractivity contribution in [1.29, 1.82) is 52.6 Å². The summed E-state index contributed by atoms with van der Waals surface area (Å²) in [6.07, 6.45) is 0. The van der Waals surface area contributed by atoms with E-state index in [0.29, 0.717) is 21.2 Å². The first-order valence-corrected chi connectivity index (χ1v) is 19.3. The second-order valence-corrected chi connectivity index (χ2v) is 12.8. The molecule has 4 aromatic carbocycles. The van der Waals surface area contributed by atoms with Gasteiger partial charge in [-0.05, 0) is 38.2 Å². The van der Waals surface area contributed by atoms with E-state index in [-0.39, 0.29) is 66.8 Å². The van der Waals surface area contributed by atoms with E-state index in [0.717, 1.165) is 12.1 Å². The molecule has 0 spiro atoms. The normalized spacial score (nSPS) is 10.6. The first-order chi connectivity index (χ1) is 38.4. The van der Waals surface area contributed by atoms with E-state index >= 15 is 0 Å². The summed E-state index contributed by atoms with van der Waals surface area (Å²) in [6, 6.07) is 27.4. The highest BCUT2D eigenvalue weighted by molar-refractivity contribution is 5.76. The number of hydrogen-bond donors (Lipinski definition) is 0. The Morgan fingerprint density at radius 2 is 0.696 bits per heavy atom. The average Bonchev–Trinajstić information content (AvgIpc) is 3.48. The molecular weight excluding hydrogens is 1020 g/mol. The zero-order chi connectivity index (χ0) is 61.7. The minimum atomic E-state index is -2.01. The highest BCUT2D eigenvalue weighted by Gasteiger charge is 2.22. The highest BCUT2D eigenvalue weighted by Crippen LogP contribution is 2.10. The van der Waals surface area contributed by atoms with Crippen LogP contribution in [0.2, 0.25) is 0 Å². The lowest BCUT2D eigenvalue weighted by Crippen LogP contribution is -2.30. The van der Waals surface area contributed by atoms with Gasteiger partial charge in [0.1, 0.15) is 0 Å². The van der Waals surface area contributed by atoms with E-state index in [9.17, 15) is 17.6 Å². The van der Waals surface area contributed by atoms with Crippen LogP contribution in [0.4, 0.5) is 28.9 Å². The lowest BCUT2D eigenvalue weighted by atomic mass is 10.1. The number of rotatable bonds is 0. The van der Waals surface area contributed by atoms with Gasteiger partial charge in [-0.15, -0.1) is 0 Å². The molecule has 4 aromatic rings.